The van der Waals surface area contributed by atoms with Crippen LogP contribution in [0.5, 0.6) is 5.75 Å². The van der Waals surface area contributed by atoms with Crippen molar-refractivity contribution in [3.8, 4) is 5.75 Å². The van der Waals surface area contributed by atoms with Crippen LogP contribution < -0.4 is 9.64 Å². The molecule has 2 heterocycles. The summed E-state index contributed by atoms with van der Waals surface area (Å²) in [5, 5.41) is 0.938. The van der Waals surface area contributed by atoms with E-state index in [2.05, 4.69) is 4.90 Å². The van der Waals surface area contributed by atoms with Crippen LogP contribution in [0.1, 0.15) is 0 Å². The molecule has 1 aliphatic heterocycles. The predicted octanol–water partition coefficient (Wildman–Crippen LogP) is 3.14. The van der Waals surface area contributed by atoms with Crippen molar-refractivity contribution < 1.29 is 13.9 Å². The molecule has 1 aromatic heterocycles. The summed E-state index contributed by atoms with van der Waals surface area (Å²) in [6.07, 6.45) is 1.84. The lowest BCUT2D eigenvalue weighted by molar-refractivity contribution is -0.132. The summed E-state index contributed by atoms with van der Waals surface area (Å²) in [5.41, 5.74) is 1.88. The Balaban J connectivity index is 1.38. The fraction of sp³-hybridized carbons (Fsp3) is 0.286. The van der Waals surface area contributed by atoms with Gasteiger partial charge >= 0.3 is 0 Å². The molecule has 1 aliphatic rings. The van der Waals surface area contributed by atoms with Crippen molar-refractivity contribution in [3.63, 3.8) is 0 Å². The summed E-state index contributed by atoms with van der Waals surface area (Å²) in [6, 6.07) is 14.5. The van der Waals surface area contributed by atoms with E-state index in [4.69, 9.17) is 4.74 Å². The first-order valence-electron chi connectivity index (χ1n) is 9.05. The quantitative estimate of drug-likeness (QED) is 0.711. The van der Waals surface area contributed by atoms with E-state index < -0.39 is 0 Å². The molecule has 0 aliphatic carbocycles. The number of carbonyl (C=O) groups excluding carboxylic acids is 1. The topological polar surface area (TPSA) is 37.7 Å². The third-order valence-corrected chi connectivity index (χ3v) is 5.11. The highest BCUT2D eigenvalue weighted by atomic mass is 19.1. The number of ether oxygens (including phenoxy) is 1. The second-order valence-corrected chi connectivity index (χ2v) is 6.71. The van der Waals surface area contributed by atoms with E-state index in [9.17, 15) is 9.18 Å². The maximum absolute atomic E-state index is 13.5. The SMILES string of the molecule is COc1ccc(N2CCN(C(=O)Cn3ccc4ccc(F)cc43)CC2)cc1. The van der Waals surface area contributed by atoms with Crippen LogP contribution in [0.2, 0.25) is 0 Å². The second-order valence-electron chi connectivity index (χ2n) is 6.71. The van der Waals surface area contributed by atoms with Gasteiger partial charge in [0, 0.05) is 38.1 Å². The molecule has 4 rings (SSSR count). The van der Waals surface area contributed by atoms with Gasteiger partial charge in [0.1, 0.15) is 18.1 Å². The Morgan fingerprint density at radius 2 is 1.78 bits per heavy atom. The van der Waals surface area contributed by atoms with Gasteiger partial charge in [0.25, 0.3) is 0 Å². The van der Waals surface area contributed by atoms with Crippen molar-refractivity contribution in [2.75, 3.05) is 38.2 Å². The second kappa shape index (κ2) is 7.31. The first kappa shape index (κ1) is 17.4. The van der Waals surface area contributed by atoms with Crippen LogP contribution in [-0.4, -0.2) is 48.7 Å². The fourth-order valence-electron chi connectivity index (χ4n) is 3.55. The molecule has 1 saturated heterocycles. The molecule has 3 aromatic rings. The van der Waals surface area contributed by atoms with Crippen molar-refractivity contribution in [1.82, 2.24) is 9.47 Å². The summed E-state index contributed by atoms with van der Waals surface area (Å²) >= 11 is 0. The number of carbonyl (C=O) groups is 1. The molecule has 27 heavy (non-hydrogen) atoms. The van der Waals surface area contributed by atoms with E-state index in [1.54, 1.807) is 13.2 Å². The molecule has 140 valence electrons. The zero-order valence-corrected chi connectivity index (χ0v) is 15.3. The van der Waals surface area contributed by atoms with Gasteiger partial charge in [0.2, 0.25) is 5.91 Å². The number of nitrogens with zero attached hydrogens (tertiary/aromatic N) is 3. The largest absolute Gasteiger partial charge is 0.497 e. The van der Waals surface area contributed by atoms with E-state index in [-0.39, 0.29) is 18.3 Å². The summed E-state index contributed by atoms with van der Waals surface area (Å²) < 4.78 is 20.5. The van der Waals surface area contributed by atoms with Crippen LogP contribution in [0.25, 0.3) is 10.9 Å². The Morgan fingerprint density at radius 3 is 2.48 bits per heavy atom. The van der Waals surface area contributed by atoms with E-state index in [0.29, 0.717) is 13.1 Å². The van der Waals surface area contributed by atoms with Gasteiger partial charge in [0.15, 0.2) is 0 Å². The molecule has 6 heteroatoms. The average molecular weight is 367 g/mol. The third-order valence-electron chi connectivity index (χ3n) is 5.11. The van der Waals surface area contributed by atoms with Gasteiger partial charge in [-0.25, -0.2) is 4.39 Å². The van der Waals surface area contributed by atoms with Crippen LogP contribution in [0.4, 0.5) is 10.1 Å². The van der Waals surface area contributed by atoms with Gasteiger partial charge in [0.05, 0.1) is 12.6 Å². The van der Waals surface area contributed by atoms with Gasteiger partial charge in [-0.15, -0.1) is 0 Å². The molecule has 0 atom stereocenters. The molecule has 0 saturated carbocycles. The Labute approximate surface area is 157 Å². The minimum atomic E-state index is -0.289. The predicted molar refractivity (Wildman–Crippen MR) is 104 cm³/mol. The molecular formula is C21H22FN3O2. The number of aromatic nitrogens is 1. The van der Waals surface area contributed by atoms with Crippen molar-refractivity contribution in [2.45, 2.75) is 6.54 Å². The lowest BCUT2D eigenvalue weighted by Crippen LogP contribution is -2.49. The monoisotopic (exact) mass is 367 g/mol. The van der Waals surface area contributed by atoms with E-state index >= 15 is 0 Å². The smallest absolute Gasteiger partial charge is 0.242 e. The number of anilines is 1. The van der Waals surface area contributed by atoms with Gasteiger partial charge < -0.3 is 19.1 Å². The number of fused-ring (bicyclic) bond motifs is 1. The number of methoxy groups -OCH3 is 1. The van der Waals surface area contributed by atoms with E-state index in [1.807, 2.05) is 46.0 Å². The van der Waals surface area contributed by atoms with Crippen molar-refractivity contribution in [2.24, 2.45) is 0 Å². The normalized spacial score (nSPS) is 14.6. The Bertz CT molecular complexity index is 944. The highest BCUT2D eigenvalue weighted by Gasteiger charge is 2.21. The summed E-state index contributed by atoms with van der Waals surface area (Å²) in [4.78, 5) is 16.8. The highest BCUT2D eigenvalue weighted by molar-refractivity contribution is 5.83. The van der Waals surface area contributed by atoms with Gasteiger partial charge in [-0.2, -0.15) is 0 Å². The fourth-order valence-corrected chi connectivity index (χ4v) is 3.55. The molecule has 0 spiro atoms. The molecule has 0 unspecified atom stereocenters. The average Bonchev–Trinajstić information content (AvgIpc) is 3.10. The molecule has 5 nitrogen and oxygen atoms in total. The molecule has 0 bridgehead atoms. The Kier molecular flexibility index (Phi) is 4.71. The summed E-state index contributed by atoms with van der Waals surface area (Å²) in [5.74, 6) is 0.608. The number of piperazine rings is 1. The maximum atomic E-state index is 13.5. The lowest BCUT2D eigenvalue weighted by Gasteiger charge is -2.36. The first-order chi connectivity index (χ1) is 13.1. The summed E-state index contributed by atoms with van der Waals surface area (Å²) in [7, 11) is 1.65. The van der Waals surface area contributed by atoms with Crippen LogP contribution in [0.3, 0.4) is 0 Å². The minimum Gasteiger partial charge on any atom is -0.497 e. The van der Waals surface area contributed by atoms with Crippen LogP contribution >= 0.6 is 0 Å². The van der Waals surface area contributed by atoms with Crippen molar-refractivity contribution in [3.05, 3.63) is 60.5 Å². The molecule has 2 aromatic carbocycles. The van der Waals surface area contributed by atoms with Gasteiger partial charge in [-0.05, 0) is 53.9 Å². The standard InChI is InChI=1S/C21H22FN3O2/c1-27-19-6-4-18(5-7-19)23-10-12-24(13-11-23)21(26)15-25-9-8-16-2-3-17(22)14-20(16)25/h2-9,14H,10-13,15H2,1H3. The van der Waals surface area contributed by atoms with Gasteiger partial charge in [-0.1, -0.05) is 0 Å². The molecular weight excluding hydrogens is 345 g/mol. The van der Waals surface area contributed by atoms with Crippen LogP contribution in [0, 0.1) is 5.82 Å². The number of rotatable bonds is 4. The van der Waals surface area contributed by atoms with Crippen LogP contribution in [-0.2, 0) is 11.3 Å². The first-order valence-corrected chi connectivity index (χ1v) is 9.05. The molecule has 1 amide bonds. The van der Waals surface area contributed by atoms with Crippen molar-refractivity contribution >= 4 is 22.5 Å². The number of hydrogen-bond acceptors (Lipinski definition) is 3. The maximum Gasteiger partial charge on any atom is 0.242 e. The van der Waals surface area contributed by atoms with Crippen molar-refractivity contribution in [1.29, 1.82) is 0 Å². The number of amides is 1. The zero-order valence-electron chi connectivity index (χ0n) is 15.3. The highest BCUT2D eigenvalue weighted by Crippen LogP contribution is 2.21. The third kappa shape index (κ3) is 3.60. The minimum absolute atomic E-state index is 0.0612. The van der Waals surface area contributed by atoms with Crippen LogP contribution in [0.15, 0.2) is 54.7 Å². The number of halogens is 1. The van der Waals surface area contributed by atoms with Gasteiger partial charge in [-0.3, -0.25) is 4.79 Å². The summed E-state index contributed by atoms with van der Waals surface area (Å²) in [6.45, 7) is 3.17. The number of hydrogen-bond donors (Lipinski definition) is 0. The lowest BCUT2D eigenvalue weighted by atomic mass is 10.2. The zero-order chi connectivity index (χ0) is 18.8. The molecule has 0 N–H and O–H groups in total. The molecule has 1 fully saturated rings. The van der Waals surface area contributed by atoms with E-state index in [0.717, 1.165) is 35.4 Å². The Hall–Kier alpha value is -3.02. The molecule has 0 radical (unpaired) electrons. The van der Waals surface area contributed by atoms with E-state index in [1.165, 1.54) is 12.1 Å². The Morgan fingerprint density at radius 1 is 1.04 bits per heavy atom. The number of benzene rings is 2.